The maximum absolute atomic E-state index is 13.1. The van der Waals surface area contributed by atoms with Gasteiger partial charge in [0.2, 0.25) is 11.8 Å². The Labute approximate surface area is 177 Å². The number of hydrogen-bond acceptors (Lipinski definition) is 4. The summed E-state index contributed by atoms with van der Waals surface area (Å²) in [6.07, 6.45) is 1.44. The number of amides is 3. The summed E-state index contributed by atoms with van der Waals surface area (Å²) in [7, 11) is 0. The van der Waals surface area contributed by atoms with E-state index in [1.54, 1.807) is 4.90 Å². The molecule has 162 valence electrons. The Kier molecular flexibility index (Phi) is 10.0. The Hall–Kier alpha value is -2.19. The van der Waals surface area contributed by atoms with E-state index in [-0.39, 0.29) is 41.6 Å². The molecule has 1 aromatic carbocycles. The standard InChI is InChI=1S/C20H29FN4O3.ClH/c1-13(2)17(24-19(27)14-5-7-16(21)8-6-14)20(28)25-11-3-4-15(12-25)18(26)23-10-9-22;/h5-8,13,15,17H,3-4,9-12,22H2,1-2H3,(H,23,26)(H,24,27);1H. The Balaban J connectivity index is 0.00000420. The summed E-state index contributed by atoms with van der Waals surface area (Å²) in [4.78, 5) is 39.4. The first-order valence-electron chi connectivity index (χ1n) is 9.66. The highest BCUT2D eigenvalue weighted by atomic mass is 35.5. The number of hydrogen-bond donors (Lipinski definition) is 3. The molecule has 1 saturated heterocycles. The second kappa shape index (κ2) is 11.7. The van der Waals surface area contributed by atoms with Crippen molar-refractivity contribution in [3.8, 4) is 0 Å². The van der Waals surface area contributed by atoms with Crippen LogP contribution in [0, 0.1) is 17.7 Å². The Morgan fingerprint density at radius 2 is 1.90 bits per heavy atom. The van der Waals surface area contributed by atoms with E-state index >= 15 is 0 Å². The number of carbonyl (C=O) groups is 3. The van der Waals surface area contributed by atoms with E-state index in [1.807, 2.05) is 13.8 Å². The summed E-state index contributed by atoms with van der Waals surface area (Å²) in [5.74, 6) is -1.57. The number of likely N-dealkylation sites (tertiary alicyclic amines) is 1. The summed E-state index contributed by atoms with van der Waals surface area (Å²) in [6, 6.07) is 4.45. The summed E-state index contributed by atoms with van der Waals surface area (Å²) < 4.78 is 13.1. The van der Waals surface area contributed by atoms with Crippen LogP contribution in [0.3, 0.4) is 0 Å². The van der Waals surface area contributed by atoms with Crippen LogP contribution in [0.1, 0.15) is 37.0 Å². The molecular weight excluding hydrogens is 399 g/mol. The normalized spacial score (nSPS) is 17.3. The van der Waals surface area contributed by atoms with Crippen LogP contribution in [0.2, 0.25) is 0 Å². The molecule has 7 nitrogen and oxygen atoms in total. The third kappa shape index (κ3) is 6.97. The molecule has 1 aliphatic heterocycles. The van der Waals surface area contributed by atoms with Gasteiger partial charge in [-0.1, -0.05) is 13.8 Å². The average molecular weight is 429 g/mol. The van der Waals surface area contributed by atoms with Gasteiger partial charge < -0.3 is 21.3 Å². The quantitative estimate of drug-likeness (QED) is 0.609. The monoisotopic (exact) mass is 428 g/mol. The Morgan fingerprint density at radius 3 is 2.48 bits per heavy atom. The zero-order valence-electron chi connectivity index (χ0n) is 16.8. The van der Waals surface area contributed by atoms with E-state index in [0.717, 1.165) is 6.42 Å². The van der Waals surface area contributed by atoms with Crippen molar-refractivity contribution < 1.29 is 18.8 Å². The molecule has 0 spiro atoms. The maximum Gasteiger partial charge on any atom is 0.251 e. The first-order chi connectivity index (χ1) is 13.3. The van der Waals surface area contributed by atoms with Gasteiger partial charge in [0, 0.05) is 31.7 Å². The minimum absolute atomic E-state index is 0. The van der Waals surface area contributed by atoms with Gasteiger partial charge in [-0.05, 0) is 43.0 Å². The molecule has 2 rings (SSSR count). The highest BCUT2D eigenvalue weighted by Crippen LogP contribution is 2.19. The SMILES string of the molecule is CC(C)C(NC(=O)c1ccc(F)cc1)C(=O)N1CCCC(C(=O)NCCN)C1.Cl. The zero-order valence-corrected chi connectivity index (χ0v) is 17.6. The lowest BCUT2D eigenvalue weighted by Crippen LogP contribution is -2.54. The van der Waals surface area contributed by atoms with Crippen molar-refractivity contribution in [3.05, 3.63) is 35.6 Å². The van der Waals surface area contributed by atoms with Crippen molar-refractivity contribution in [1.82, 2.24) is 15.5 Å². The Morgan fingerprint density at radius 1 is 1.24 bits per heavy atom. The number of nitrogens with one attached hydrogen (secondary N) is 2. The summed E-state index contributed by atoms with van der Waals surface area (Å²) in [6.45, 7) is 5.35. The fraction of sp³-hybridized carbons (Fsp3) is 0.550. The molecule has 3 amide bonds. The van der Waals surface area contributed by atoms with Crippen molar-refractivity contribution in [2.24, 2.45) is 17.6 Å². The molecule has 0 radical (unpaired) electrons. The molecule has 1 aliphatic rings. The van der Waals surface area contributed by atoms with Gasteiger partial charge in [0.1, 0.15) is 11.9 Å². The molecule has 0 aliphatic carbocycles. The van der Waals surface area contributed by atoms with Gasteiger partial charge in [-0.15, -0.1) is 12.4 Å². The minimum atomic E-state index is -0.719. The van der Waals surface area contributed by atoms with Gasteiger partial charge in [-0.3, -0.25) is 14.4 Å². The lowest BCUT2D eigenvalue weighted by Gasteiger charge is -2.35. The van der Waals surface area contributed by atoms with Crippen LogP contribution in [0.15, 0.2) is 24.3 Å². The number of nitrogens with zero attached hydrogens (tertiary/aromatic N) is 1. The van der Waals surface area contributed by atoms with Gasteiger partial charge in [-0.2, -0.15) is 0 Å². The van der Waals surface area contributed by atoms with Crippen LogP contribution < -0.4 is 16.4 Å². The number of halogens is 2. The second-order valence-electron chi connectivity index (χ2n) is 7.41. The lowest BCUT2D eigenvalue weighted by atomic mass is 9.94. The summed E-state index contributed by atoms with van der Waals surface area (Å²) in [5, 5.41) is 5.53. The van der Waals surface area contributed by atoms with Gasteiger partial charge in [0.05, 0.1) is 5.92 Å². The minimum Gasteiger partial charge on any atom is -0.355 e. The van der Waals surface area contributed by atoms with Crippen molar-refractivity contribution in [3.63, 3.8) is 0 Å². The fourth-order valence-electron chi connectivity index (χ4n) is 3.27. The predicted octanol–water partition coefficient (Wildman–Crippen LogP) is 1.32. The third-order valence-electron chi connectivity index (χ3n) is 4.87. The molecule has 1 fully saturated rings. The molecule has 2 atom stereocenters. The molecule has 0 bridgehead atoms. The smallest absolute Gasteiger partial charge is 0.251 e. The Bertz CT molecular complexity index is 699. The highest BCUT2D eigenvalue weighted by Gasteiger charge is 2.33. The zero-order chi connectivity index (χ0) is 20.7. The highest BCUT2D eigenvalue weighted by molar-refractivity contribution is 5.97. The number of nitrogens with two attached hydrogens (primary N) is 1. The fourth-order valence-corrected chi connectivity index (χ4v) is 3.27. The van der Waals surface area contributed by atoms with Crippen LogP contribution in [0.25, 0.3) is 0 Å². The number of piperidine rings is 1. The second-order valence-corrected chi connectivity index (χ2v) is 7.41. The van der Waals surface area contributed by atoms with Crippen LogP contribution in [0.4, 0.5) is 4.39 Å². The number of rotatable bonds is 7. The molecule has 2 unspecified atom stereocenters. The number of carbonyl (C=O) groups excluding carboxylic acids is 3. The van der Waals surface area contributed by atoms with Gasteiger partial charge in [-0.25, -0.2) is 4.39 Å². The van der Waals surface area contributed by atoms with Gasteiger partial charge in [0.25, 0.3) is 5.91 Å². The molecular formula is C20H30ClFN4O3. The average Bonchev–Trinajstić information content (AvgIpc) is 2.69. The van der Waals surface area contributed by atoms with Crippen LogP contribution in [-0.2, 0) is 9.59 Å². The topological polar surface area (TPSA) is 105 Å². The van der Waals surface area contributed by atoms with E-state index < -0.39 is 17.8 Å². The predicted molar refractivity (Wildman–Crippen MR) is 111 cm³/mol. The molecule has 29 heavy (non-hydrogen) atoms. The lowest BCUT2D eigenvalue weighted by molar-refractivity contribution is -0.138. The maximum atomic E-state index is 13.1. The van der Waals surface area contributed by atoms with E-state index in [2.05, 4.69) is 10.6 Å². The van der Waals surface area contributed by atoms with Crippen molar-refractivity contribution in [2.75, 3.05) is 26.2 Å². The summed E-state index contributed by atoms with van der Waals surface area (Å²) >= 11 is 0. The van der Waals surface area contributed by atoms with Gasteiger partial charge >= 0.3 is 0 Å². The third-order valence-corrected chi connectivity index (χ3v) is 4.87. The molecule has 9 heteroatoms. The van der Waals surface area contributed by atoms with Gasteiger partial charge in [0.15, 0.2) is 0 Å². The van der Waals surface area contributed by atoms with Crippen molar-refractivity contribution in [1.29, 1.82) is 0 Å². The van der Waals surface area contributed by atoms with E-state index in [9.17, 15) is 18.8 Å². The first-order valence-corrected chi connectivity index (χ1v) is 9.66. The number of benzene rings is 1. The molecule has 1 heterocycles. The van der Waals surface area contributed by atoms with Crippen LogP contribution in [0.5, 0.6) is 0 Å². The molecule has 4 N–H and O–H groups in total. The molecule has 0 aromatic heterocycles. The van der Waals surface area contributed by atoms with Crippen molar-refractivity contribution >= 4 is 30.1 Å². The first kappa shape index (κ1) is 24.8. The van der Waals surface area contributed by atoms with E-state index in [1.165, 1.54) is 24.3 Å². The largest absolute Gasteiger partial charge is 0.355 e. The summed E-state index contributed by atoms with van der Waals surface area (Å²) in [5.41, 5.74) is 5.71. The molecule has 1 aromatic rings. The molecule has 0 saturated carbocycles. The van der Waals surface area contributed by atoms with E-state index in [4.69, 9.17) is 5.73 Å². The van der Waals surface area contributed by atoms with Crippen molar-refractivity contribution in [2.45, 2.75) is 32.7 Å². The van der Waals surface area contributed by atoms with E-state index in [0.29, 0.717) is 32.6 Å². The van der Waals surface area contributed by atoms with Crippen LogP contribution in [-0.4, -0.2) is 54.8 Å². The van der Waals surface area contributed by atoms with Crippen LogP contribution >= 0.6 is 12.4 Å².